The lowest BCUT2D eigenvalue weighted by Gasteiger charge is -2.12. The molecule has 0 spiro atoms. The second-order valence-electron chi connectivity index (χ2n) is 5.97. The molecule has 3 aromatic rings. The molecule has 0 saturated heterocycles. The summed E-state index contributed by atoms with van der Waals surface area (Å²) in [4.78, 5) is 19.6. The van der Waals surface area contributed by atoms with Crippen molar-refractivity contribution in [2.45, 2.75) is 13.5 Å². The van der Waals surface area contributed by atoms with E-state index in [1.807, 2.05) is 50.4 Å². The Labute approximate surface area is 152 Å². The van der Waals surface area contributed by atoms with Gasteiger partial charge in [-0.15, -0.1) is 0 Å². The van der Waals surface area contributed by atoms with Gasteiger partial charge >= 0.3 is 0 Å². The number of benzene rings is 2. The topological polar surface area (TPSA) is 87.1 Å². The lowest BCUT2D eigenvalue weighted by molar-refractivity contribution is 0.112. The summed E-state index contributed by atoms with van der Waals surface area (Å²) in [6.45, 7) is 2.60. The molecule has 0 aliphatic heterocycles. The van der Waals surface area contributed by atoms with E-state index in [4.69, 9.17) is 0 Å². The van der Waals surface area contributed by atoms with Gasteiger partial charge < -0.3 is 15.7 Å². The zero-order chi connectivity index (χ0) is 18.5. The Morgan fingerprint density at radius 1 is 1.12 bits per heavy atom. The Bertz CT molecular complexity index is 924. The normalized spacial score (nSPS) is 10.5. The van der Waals surface area contributed by atoms with E-state index < -0.39 is 0 Å². The smallest absolute Gasteiger partial charge is 0.185 e. The number of rotatable bonds is 6. The fourth-order valence-corrected chi connectivity index (χ4v) is 2.66. The van der Waals surface area contributed by atoms with Crippen LogP contribution in [0.1, 0.15) is 21.5 Å². The van der Waals surface area contributed by atoms with Gasteiger partial charge in [0.25, 0.3) is 0 Å². The first-order chi connectivity index (χ1) is 12.6. The summed E-state index contributed by atoms with van der Waals surface area (Å²) < 4.78 is 0. The lowest BCUT2D eigenvalue weighted by Crippen LogP contribution is -2.08. The number of aryl methyl sites for hydroxylation is 1. The number of aromatic nitrogens is 2. The zero-order valence-electron chi connectivity index (χ0n) is 14.7. The molecular formula is C20H20N4O2. The second kappa shape index (κ2) is 7.76. The van der Waals surface area contributed by atoms with E-state index in [1.165, 1.54) is 6.33 Å². The van der Waals surface area contributed by atoms with E-state index >= 15 is 0 Å². The lowest BCUT2D eigenvalue weighted by atomic mass is 10.1. The molecule has 1 heterocycles. The van der Waals surface area contributed by atoms with Gasteiger partial charge in [0.1, 0.15) is 18.3 Å². The Balaban J connectivity index is 1.92. The van der Waals surface area contributed by atoms with Crippen molar-refractivity contribution in [1.29, 1.82) is 0 Å². The zero-order valence-corrected chi connectivity index (χ0v) is 14.7. The number of nitrogens with one attached hydrogen (secondary N) is 2. The van der Waals surface area contributed by atoms with Crippen LogP contribution >= 0.6 is 0 Å². The number of carbonyl (C=O) groups is 1. The Morgan fingerprint density at radius 2 is 1.88 bits per heavy atom. The highest BCUT2D eigenvalue weighted by molar-refractivity contribution is 5.81. The van der Waals surface area contributed by atoms with Gasteiger partial charge in [-0.1, -0.05) is 35.9 Å². The molecule has 132 valence electrons. The molecule has 0 atom stereocenters. The maximum atomic E-state index is 11.3. The molecule has 0 saturated carbocycles. The van der Waals surface area contributed by atoms with Crippen molar-refractivity contribution in [3.8, 4) is 17.0 Å². The van der Waals surface area contributed by atoms with Gasteiger partial charge in [-0.05, 0) is 31.7 Å². The molecule has 0 aliphatic carbocycles. The average Bonchev–Trinajstić information content (AvgIpc) is 2.65. The molecule has 3 rings (SSSR count). The molecule has 0 radical (unpaired) electrons. The van der Waals surface area contributed by atoms with E-state index in [-0.39, 0.29) is 11.6 Å². The minimum Gasteiger partial charge on any atom is -0.503 e. The molecule has 0 fully saturated rings. The van der Waals surface area contributed by atoms with Crippen LogP contribution < -0.4 is 10.6 Å². The molecular weight excluding hydrogens is 328 g/mol. The summed E-state index contributed by atoms with van der Waals surface area (Å²) in [5.74, 6) is 0.247. The van der Waals surface area contributed by atoms with Gasteiger partial charge in [-0.3, -0.25) is 4.79 Å². The van der Waals surface area contributed by atoms with Crippen molar-refractivity contribution in [3.05, 3.63) is 65.5 Å². The van der Waals surface area contributed by atoms with Crippen molar-refractivity contribution in [2.75, 3.05) is 12.4 Å². The van der Waals surface area contributed by atoms with Crippen LogP contribution in [0.15, 0.2) is 48.8 Å². The first kappa shape index (κ1) is 17.6. The van der Waals surface area contributed by atoms with E-state index in [0.717, 1.165) is 23.0 Å². The number of carbonyl (C=O) groups excluding carboxylic acids is 1. The van der Waals surface area contributed by atoms with Crippen LogP contribution in [-0.4, -0.2) is 28.4 Å². The van der Waals surface area contributed by atoms with E-state index in [1.54, 1.807) is 6.07 Å². The molecule has 6 nitrogen and oxygen atoms in total. The summed E-state index contributed by atoms with van der Waals surface area (Å²) >= 11 is 0. The molecule has 26 heavy (non-hydrogen) atoms. The van der Waals surface area contributed by atoms with Crippen LogP contribution in [0, 0.1) is 6.92 Å². The second-order valence-corrected chi connectivity index (χ2v) is 5.97. The first-order valence-electron chi connectivity index (χ1n) is 8.23. The van der Waals surface area contributed by atoms with Crippen LogP contribution in [0.3, 0.4) is 0 Å². The van der Waals surface area contributed by atoms with Gasteiger partial charge in [0, 0.05) is 23.4 Å². The van der Waals surface area contributed by atoms with Crippen LogP contribution in [0.5, 0.6) is 5.75 Å². The summed E-state index contributed by atoms with van der Waals surface area (Å²) in [5, 5.41) is 16.7. The van der Waals surface area contributed by atoms with Gasteiger partial charge in [0.2, 0.25) is 0 Å². The quantitative estimate of drug-likeness (QED) is 0.592. The highest BCUT2D eigenvalue weighted by Gasteiger charge is 2.13. The molecule has 6 heteroatoms. The van der Waals surface area contributed by atoms with Crippen molar-refractivity contribution in [2.24, 2.45) is 0 Å². The fourth-order valence-electron chi connectivity index (χ4n) is 2.66. The number of nitrogens with zero attached hydrogens (tertiary/aromatic N) is 2. The van der Waals surface area contributed by atoms with Crippen LogP contribution in [0.2, 0.25) is 0 Å². The fraction of sp³-hybridized carbons (Fsp3) is 0.150. The third kappa shape index (κ3) is 3.70. The summed E-state index contributed by atoms with van der Waals surface area (Å²) in [5.41, 5.74) is 4.53. The monoisotopic (exact) mass is 348 g/mol. The van der Waals surface area contributed by atoms with Gasteiger partial charge in [-0.25, -0.2) is 9.97 Å². The van der Waals surface area contributed by atoms with Gasteiger partial charge in [0.15, 0.2) is 11.6 Å². The third-order valence-corrected chi connectivity index (χ3v) is 4.05. The standard InChI is InChI=1S/C20H20N4O2/c1-13-3-5-14(6-4-13)18-19(26)20(23-12-22-18)24-17-8-7-15(10-21-2)16(9-17)11-25/h3-9,11-12,21,26H,10H2,1-2H3,(H,22,23,24). The van der Waals surface area contributed by atoms with E-state index in [0.29, 0.717) is 23.5 Å². The van der Waals surface area contributed by atoms with E-state index in [2.05, 4.69) is 20.6 Å². The predicted octanol–water partition coefficient (Wildman–Crippen LogP) is 3.43. The maximum Gasteiger partial charge on any atom is 0.185 e. The van der Waals surface area contributed by atoms with Gasteiger partial charge in [0.05, 0.1) is 0 Å². The number of hydrogen-bond acceptors (Lipinski definition) is 6. The van der Waals surface area contributed by atoms with E-state index in [9.17, 15) is 9.90 Å². The molecule has 0 unspecified atom stereocenters. The summed E-state index contributed by atoms with van der Waals surface area (Å²) in [6.07, 6.45) is 2.21. The SMILES string of the molecule is CNCc1ccc(Nc2ncnc(-c3ccc(C)cc3)c2O)cc1C=O. The summed E-state index contributed by atoms with van der Waals surface area (Å²) in [6, 6.07) is 13.2. The first-order valence-corrected chi connectivity index (χ1v) is 8.23. The highest BCUT2D eigenvalue weighted by Crippen LogP contribution is 2.33. The number of anilines is 2. The maximum absolute atomic E-state index is 11.3. The van der Waals surface area contributed by atoms with Gasteiger partial charge in [-0.2, -0.15) is 0 Å². The molecule has 0 aliphatic rings. The number of aromatic hydroxyl groups is 1. The highest BCUT2D eigenvalue weighted by atomic mass is 16.3. The average molecular weight is 348 g/mol. The molecule has 0 amide bonds. The third-order valence-electron chi connectivity index (χ3n) is 4.05. The molecule has 3 N–H and O–H groups in total. The number of hydrogen-bond donors (Lipinski definition) is 3. The summed E-state index contributed by atoms with van der Waals surface area (Å²) in [7, 11) is 1.83. The Kier molecular flexibility index (Phi) is 5.24. The Hall–Kier alpha value is -3.25. The molecule has 1 aromatic heterocycles. The minimum atomic E-state index is -0.0386. The predicted molar refractivity (Wildman–Crippen MR) is 102 cm³/mol. The number of aldehydes is 1. The van der Waals surface area contributed by atoms with Crippen molar-refractivity contribution in [1.82, 2.24) is 15.3 Å². The van der Waals surface area contributed by atoms with Crippen LogP contribution in [0.25, 0.3) is 11.3 Å². The molecule has 0 bridgehead atoms. The van der Waals surface area contributed by atoms with Crippen molar-refractivity contribution < 1.29 is 9.90 Å². The Morgan fingerprint density at radius 3 is 2.58 bits per heavy atom. The van der Waals surface area contributed by atoms with Crippen molar-refractivity contribution in [3.63, 3.8) is 0 Å². The van der Waals surface area contributed by atoms with Crippen LogP contribution in [0.4, 0.5) is 11.5 Å². The van der Waals surface area contributed by atoms with Crippen molar-refractivity contribution >= 4 is 17.8 Å². The van der Waals surface area contributed by atoms with Crippen LogP contribution in [-0.2, 0) is 6.54 Å². The minimum absolute atomic E-state index is 0.0386. The molecule has 2 aromatic carbocycles. The largest absolute Gasteiger partial charge is 0.503 e.